The Kier molecular flexibility index (Phi) is 6.36. The van der Waals surface area contributed by atoms with Gasteiger partial charge in [-0.05, 0) is 31.4 Å². The van der Waals surface area contributed by atoms with E-state index in [4.69, 9.17) is 10.8 Å². The Hall–Kier alpha value is -0.220. The SMILES string of the molecule is CSCCC(CCN)C(=O)O. The zero-order valence-electron chi connectivity index (χ0n) is 6.75. The van der Waals surface area contributed by atoms with Gasteiger partial charge >= 0.3 is 5.97 Å². The molecule has 0 fully saturated rings. The van der Waals surface area contributed by atoms with Crippen molar-refractivity contribution < 1.29 is 9.90 Å². The van der Waals surface area contributed by atoms with Crippen LogP contribution in [-0.2, 0) is 4.79 Å². The van der Waals surface area contributed by atoms with Gasteiger partial charge in [-0.25, -0.2) is 0 Å². The quantitative estimate of drug-likeness (QED) is 0.629. The van der Waals surface area contributed by atoms with Gasteiger partial charge in [0.1, 0.15) is 0 Å². The van der Waals surface area contributed by atoms with E-state index in [1.165, 1.54) is 0 Å². The Morgan fingerprint density at radius 3 is 2.64 bits per heavy atom. The van der Waals surface area contributed by atoms with E-state index in [0.717, 1.165) is 12.2 Å². The summed E-state index contributed by atoms with van der Waals surface area (Å²) < 4.78 is 0. The zero-order valence-corrected chi connectivity index (χ0v) is 7.56. The van der Waals surface area contributed by atoms with Crippen LogP contribution in [0.15, 0.2) is 0 Å². The van der Waals surface area contributed by atoms with E-state index < -0.39 is 5.97 Å². The van der Waals surface area contributed by atoms with Crippen molar-refractivity contribution in [3.8, 4) is 0 Å². The monoisotopic (exact) mass is 177 g/mol. The molecule has 3 N–H and O–H groups in total. The fourth-order valence-corrected chi connectivity index (χ4v) is 1.37. The summed E-state index contributed by atoms with van der Waals surface area (Å²) in [4.78, 5) is 10.5. The lowest BCUT2D eigenvalue weighted by Gasteiger charge is -2.08. The third-order valence-corrected chi connectivity index (χ3v) is 2.18. The first-order chi connectivity index (χ1) is 5.22. The second kappa shape index (κ2) is 6.49. The molecule has 1 atom stereocenters. The fourth-order valence-electron chi connectivity index (χ4n) is 0.853. The predicted molar refractivity (Wildman–Crippen MR) is 47.8 cm³/mol. The summed E-state index contributed by atoms with van der Waals surface area (Å²) in [6.07, 6.45) is 3.30. The maximum atomic E-state index is 10.5. The Morgan fingerprint density at radius 1 is 1.64 bits per heavy atom. The molecule has 1 unspecified atom stereocenters. The second-order valence-corrected chi connectivity index (χ2v) is 3.38. The minimum absolute atomic E-state index is 0.243. The standard InChI is InChI=1S/C7H15NO2S/c1-11-5-3-6(2-4-8)7(9)10/h6H,2-5,8H2,1H3,(H,9,10). The van der Waals surface area contributed by atoms with Crippen molar-refractivity contribution in [1.82, 2.24) is 0 Å². The molecule has 0 bridgehead atoms. The molecule has 66 valence electrons. The van der Waals surface area contributed by atoms with Gasteiger partial charge in [0.25, 0.3) is 0 Å². The van der Waals surface area contributed by atoms with E-state index in [-0.39, 0.29) is 5.92 Å². The molecule has 0 aliphatic heterocycles. The summed E-state index contributed by atoms with van der Waals surface area (Å²) in [6, 6.07) is 0. The molecule has 0 saturated carbocycles. The first-order valence-electron chi connectivity index (χ1n) is 3.64. The molecule has 0 aliphatic rings. The summed E-state index contributed by atoms with van der Waals surface area (Å²) in [5.41, 5.74) is 5.27. The summed E-state index contributed by atoms with van der Waals surface area (Å²) in [7, 11) is 0. The number of hydrogen-bond donors (Lipinski definition) is 2. The molecule has 0 radical (unpaired) electrons. The topological polar surface area (TPSA) is 63.3 Å². The number of carboxylic acid groups (broad SMARTS) is 1. The fraction of sp³-hybridized carbons (Fsp3) is 0.857. The maximum absolute atomic E-state index is 10.5. The summed E-state index contributed by atoms with van der Waals surface area (Å²) >= 11 is 1.67. The van der Waals surface area contributed by atoms with E-state index in [0.29, 0.717) is 13.0 Å². The zero-order chi connectivity index (χ0) is 8.69. The predicted octanol–water partition coefficient (Wildman–Crippen LogP) is 0.789. The second-order valence-electron chi connectivity index (χ2n) is 2.39. The van der Waals surface area contributed by atoms with Crippen molar-refractivity contribution in [2.75, 3.05) is 18.6 Å². The molecule has 0 rings (SSSR count). The van der Waals surface area contributed by atoms with Gasteiger partial charge in [-0.2, -0.15) is 11.8 Å². The van der Waals surface area contributed by atoms with Crippen LogP contribution in [-0.4, -0.2) is 29.6 Å². The molecule has 0 amide bonds. The van der Waals surface area contributed by atoms with Crippen LogP contribution in [0.3, 0.4) is 0 Å². The molecule has 11 heavy (non-hydrogen) atoms. The lowest BCUT2D eigenvalue weighted by molar-refractivity contribution is -0.141. The Morgan fingerprint density at radius 2 is 2.27 bits per heavy atom. The van der Waals surface area contributed by atoms with Crippen molar-refractivity contribution >= 4 is 17.7 Å². The Bertz CT molecular complexity index is 119. The van der Waals surface area contributed by atoms with Crippen LogP contribution in [0.4, 0.5) is 0 Å². The first kappa shape index (κ1) is 10.8. The van der Waals surface area contributed by atoms with Crippen LogP contribution in [0.2, 0.25) is 0 Å². The van der Waals surface area contributed by atoms with Gasteiger partial charge in [0.05, 0.1) is 5.92 Å². The highest BCUT2D eigenvalue weighted by Gasteiger charge is 2.14. The first-order valence-corrected chi connectivity index (χ1v) is 5.03. The summed E-state index contributed by atoms with van der Waals surface area (Å²) in [5.74, 6) is -0.0614. The number of rotatable bonds is 6. The smallest absolute Gasteiger partial charge is 0.306 e. The average Bonchev–Trinajstić information content (AvgIpc) is 1.97. The molecule has 0 aromatic heterocycles. The van der Waals surface area contributed by atoms with Gasteiger partial charge in [-0.15, -0.1) is 0 Å². The highest BCUT2D eigenvalue weighted by atomic mass is 32.2. The summed E-state index contributed by atoms with van der Waals surface area (Å²) in [6.45, 7) is 0.464. The van der Waals surface area contributed by atoms with Crippen molar-refractivity contribution in [3.05, 3.63) is 0 Å². The lowest BCUT2D eigenvalue weighted by atomic mass is 10.0. The van der Waals surface area contributed by atoms with Crippen LogP contribution in [0.25, 0.3) is 0 Å². The molecule has 4 heteroatoms. The lowest BCUT2D eigenvalue weighted by Crippen LogP contribution is -2.18. The average molecular weight is 177 g/mol. The van der Waals surface area contributed by atoms with Crippen molar-refractivity contribution in [1.29, 1.82) is 0 Å². The molecule has 0 saturated heterocycles. The van der Waals surface area contributed by atoms with Crippen molar-refractivity contribution in [3.63, 3.8) is 0 Å². The minimum Gasteiger partial charge on any atom is -0.481 e. The van der Waals surface area contributed by atoms with Crippen molar-refractivity contribution in [2.24, 2.45) is 11.7 Å². The van der Waals surface area contributed by atoms with E-state index in [1.807, 2.05) is 6.26 Å². The van der Waals surface area contributed by atoms with E-state index in [2.05, 4.69) is 0 Å². The van der Waals surface area contributed by atoms with E-state index >= 15 is 0 Å². The molecular formula is C7H15NO2S. The van der Waals surface area contributed by atoms with Crippen LogP contribution in [0, 0.1) is 5.92 Å². The Labute approximate surface area is 71.3 Å². The number of hydrogen-bond acceptors (Lipinski definition) is 3. The number of carbonyl (C=O) groups is 1. The van der Waals surface area contributed by atoms with Gasteiger partial charge in [-0.1, -0.05) is 0 Å². The largest absolute Gasteiger partial charge is 0.481 e. The maximum Gasteiger partial charge on any atom is 0.306 e. The third kappa shape index (κ3) is 5.09. The third-order valence-electron chi connectivity index (χ3n) is 1.53. The van der Waals surface area contributed by atoms with E-state index in [1.54, 1.807) is 11.8 Å². The van der Waals surface area contributed by atoms with Gasteiger partial charge in [0.2, 0.25) is 0 Å². The van der Waals surface area contributed by atoms with Gasteiger partial charge in [0.15, 0.2) is 0 Å². The highest BCUT2D eigenvalue weighted by Crippen LogP contribution is 2.10. The molecular weight excluding hydrogens is 162 g/mol. The number of thioether (sulfide) groups is 1. The number of nitrogens with two attached hydrogens (primary N) is 1. The van der Waals surface area contributed by atoms with Crippen LogP contribution < -0.4 is 5.73 Å². The molecule has 0 aromatic carbocycles. The van der Waals surface area contributed by atoms with Crippen LogP contribution in [0.1, 0.15) is 12.8 Å². The number of carboxylic acids is 1. The molecule has 0 spiro atoms. The van der Waals surface area contributed by atoms with Gasteiger partial charge in [0, 0.05) is 0 Å². The van der Waals surface area contributed by atoms with Crippen molar-refractivity contribution in [2.45, 2.75) is 12.8 Å². The molecule has 0 heterocycles. The van der Waals surface area contributed by atoms with Gasteiger partial charge in [-0.3, -0.25) is 4.79 Å². The summed E-state index contributed by atoms with van der Waals surface area (Å²) in [5, 5.41) is 8.67. The molecule has 3 nitrogen and oxygen atoms in total. The van der Waals surface area contributed by atoms with E-state index in [9.17, 15) is 4.79 Å². The molecule has 0 aromatic rings. The van der Waals surface area contributed by atoms with Gasteiger partial charge < -0.3 is 10.8 Å². The van der Waals surface area contributed by atoms with Crippen LogP contribution in [0.5, 0.6) is 0 Å². The highest BCUT2D eigenvalue weighted by molar-refractivity contribution is 7.98. The normalized spacial score (nSPS) is 12.9. The molecule has 0 aliphatic carbocycles. The number of aliphatic carboxylic acids is 1. The van der Waals surface area contributed by atoms with Crippen LogP contribution >= 0.6 is 11.8 Å². The minimum atomic E-state index is -0.718. The Balaban J connectivity index is 3.60.